The number of rotatable bonds is 8. The van der Waals surface area contributed by atoms with Gasteiger partial charge in [-0.1, -0.05) is 12.1 Å². The smallest absolute Gasteiger partial charge is 0.189 e. The van der Waals surface area contributed by atoms with Crippen LogP contribution in [0.2, 0.25) is 0 Å². The Morgan fingerprint density at radius 3 is 2.73 bits per heavy atom. The fraction of sp³-hybridized carbons (Fsp3) is 0.647. The van der Waals surface area contributed by atoms with Crippen LogP contribution in [-0.2, 0) is 18.9 Å². The molecule has 3 atom stereocenters. The monoisotopic (exact) mass is 307 g/mol. The maximum absolute atomic E-state index is 5.80. The molecule has 1 aromatic rings. The van der Waals surface area contributed by atoms with Gasteiger partial charge in [0.2, 0.25) is 0 Å². The molecule has 2 fully saturated rings. The van der Waals surface area contributed by atoms with Gasteiger partial charge in [0, 0.05) is 32.5 Å². The van der Waals surface area contributed by atoms with Crippen molar-refractivity contribution in [3.63, 3.8) is 0 Å². The van der Waals surface area contributed by atoms with Gasteiger partial charge >= 0.3 is 0 Å². The van der Waals surface area contributed by atoms with E-state index in [0.717, 1.165) is 19.5 Å². The highest BCUT2D eigenvalue weighted by molar-refractivity contribution is 5.49. The number of nitrogens with zero attached hydrogens (tertiary/aromatic N) is 1. The Morgan fingerprint density at radius 2 is 2.00 bits per heavy atom. The van der Waals surface area contributed by atoms with Crippen molar-refractivity contribution < 1.29 is 18.9 Å². The minimum absolute atomic E-state index is 0.0544. The molecule has 0 aromatic heterocycles. The van der Waals surface area contributed by atoms with Gasteiger partial charge in [0.05, 0.1) is 19.3 Å². The number of epoxide rings is 1. The van der Waals surface area contributed by atoms with E-state index in [1.807, 2.05) is 6.92 Å². The van der Waals surface area contributed by atoms with Gasteiger partial charge in [0.15, 0.2) is 6.29 Å². The summed E-state index contributed by atoms with van der Waals surface area (Å²) in [5.74, 6) is 0. The third-order valence-electron chi connectivity index (χ3n) is 4.16. The number of anilines is 1. The molecule has 1 aromatic carbocycles. The first-order valence-corrected chi connectivity index (χ1v) is 8.04. The maximum Gasteiger partial charge on any atom is 0.189 e. The summed E-state index contributed by atoms with van der Waals surface area (Å²) in [7, 11) is 1.70. The largest absolute Gasteiger partial charge is 0.382 e. The molecule has 0 spiro atoms. The Morgan fingerprint density at radius 1 is 1.18 bits per heavy atom. The highest BCUT2D eigenvalue weighted by Gasteiger charge is 2.41. The van der Waals surface area contributed by atoms with Gasteiger partial charge in [0.25, 0.3) is 0 Å². The molecular weight excluding hydrogens is 282 g/mol. The lowest BCUT2D eigenvalue weighted by Crippen LogP contribution is -2.23. The van der Waals surface area contributed by atoms with E-state index in [4.69, 9.17) is 18.9 Å². The molecule has 0 aliphatic carbocycles. The summed E-state index contributed by atoms with van der Waals surface area (Å²) in [5, 5.41) is 0. The molecule has 2 unspecified atom stereocenters. The molecule has 0 saturated carbocycles. The van der Waals surface area contributed by atoms with E-state index in [2.05, 4.69) is 29.2 Å². The van der Waals surface area contributed by atoms with Crippen LogP contribution in [0.15, 0.2) is 24.3 Å². The van der Waals surface area contributed by atoms with Gasteiger partial charge in [-0.05, 0) is 31.0 Å². The van der Waals surface area contributed by atoms with Crippen molar-refractivity contribution >= 4 is 5.69 Å². The molecule has 0 bridgehead atoms. The second-order valence-corrected chi connectivity index (χ2v) is 5.69. The summed E-state index contributed by atoms with van der Waals surface area (Å²) in [6.45, 7) is 6.00. The van der Waals surface area contributed by atoms with Crippen molar-refractivity contribution in [1.29, 1.82) is 0 Å². The van der Waals surface area contributed by atoms with Crippen molar-refractivity contribution in [1.82, 2.24) is 0 Å². The van der Waals surface area contributed by atoms with E-state index < -0.39 is 0 Å². The number of methoxy groups -OCH3 is 1. The molecule has 5 heteroatoms. The Labute approximate surface area is 132 Å². The molecule has 0 radical (unpaired) electrons. The highest BCUT2D eigenvalue weighted by atomic mass is 16.8. The van der Waals surface area contributed by atoms with E-state index in [1.165, 1.54) is 11.3 Å². The molecule has 5 nitrogen and oxygen atoms in total. The lowest BCUT2D eigenvalue weighted by atomic mass is 10.1. The number of hydrogen-bond donors (Lipinski definition) is 0. The van der Waals surface area contributed by atoms with E-state index in [-0.39, 0.29) is 12.4 Å². The van der Waals surface area contributed by atoms with Crippen LogP contribution >= 0.6 is 0 Å². The fourth-order valence-corrected chi connectivity index (χ4v) is 2.90. The molecule has 3 rings (SSSR count). The van der Waals surface area contributed by atoms with Gasteiger partial charge < -0.3 is 23.8 Å². The molecule has 2 aliphatic rings. The molecule has 0 amide bonds. The van der Waals surface area contributed by atoms with Crippen molar-refractivity contribution in [3.8, 4) is 0 Å². The van der Waals surface area contributed by atoms with Gasteiger partial charge in [-0.2, -0.15) is 0 Å². The summed E-state index contributed by atoms with van der Waals surface area (Å²) in [6.07, 6.45) is 1.44. The van der Waals surface area contributed by atoms with Crippen LogP contribution in [0.25, 0.3) is 0 Å². The van der Waals surface area contributed by atoms with Gasteiger partial charge in [-0.3, -0.25) is 0 Å². The standard InChI is InChI=1S/C17H25NO4/c1-3-20-17-16(22-17)13-4-6-14(7-5-13)18-9-8-15(12-18)21-11-10-19-2/h4-7,15-17H,3,8-12H2,1-2H3/t15-,16?,17?/m1/s1. The van der Waals surface area contributed by atoms with Crippen molar-refractivity contribution in [2.24, 2.45) is 0 Å². The van der Waals surface area contributed by atoms with E-state index in [0.29, 0.717) is 25.9 Å². The second-order valence-electron chi connectivity index (χ2n) is 5.69. The molecule has 0 N–H and O–H groups in total. The van der Waals surface area contributed by atoms with E-state index in [9.17, 15) is 0 Å². The Kier molecular flexibility index (Phi) is 5.31. The van der Waals surface area contributed by atoms with Crippen molar-refractivity contribution in [2.75, 3.05) is 44.9 Å². The van der Waals surface area contributed by atoms with Crippen LogP contribution in [0.4, 0.5) is 5.69 Å². The lowest BCUT2D eigenvalue weighted by molar-refractivity contribution is 0.0280. The van der Waals surface area contributed by atoms with Crippen LogP contribution in [0.3, 0.4) is 0 Å². The first kappa shape index (κ1) is 15.7. The normalized spacial score (nSPS) is 27.4. The van der Waals surface area contributed by atoms with Crippen LogP contribution < -0.4 is 4.90 Å². The third-order valence-corrected chi connectivity index (χ3v) is 4.16. The zero-order chi connectivity index (χ0) is 15.4. The van der Waals surface area contributed by atoms with E-state index >= 15 is 0 Å². The quantitative estimate of drug-likeness (QED) is 0.545. The molecule has 122 valence electrons. The summed E-state index contributed by atoms with van der Waals surface area (Å²) < 4.78 is 21.8. The minimum Gasteiger partial charge on any atom is -0.382 e. The van der Waals surface area contributed by atoms with Crippen LogP contribution in [0, 0.1) is 0 Å². The summed E-state index contributed by atoms with van der Waals surface area (Å²) in [5.41, 5.74) is 2.43. The van der Waals surface area contributed by atoms with Crippen molar-refractivity contribution in [2.45, 2.75) is 31.8 Å². The van der Waals surface area contributed by atoms with Gasteiger partial charge in [0.1, 0.15) is 6.10 Å². The Bertz CT molecular complexity index is 464. The number of ether oxygens (including phenoxy) is 4. The number of benzene rings is 1. The Hall–Kier alpha value is -1.14. The van der Waals surface area contributed by atoms with E-state index in [1.54, 1.807) is 7.11 Å². The topological polar surface area (TPSA) is 43.5 Å². The molecule has 2 heterocycles. The van der Waals surface area contributed by atoms with Crippen LogP contribution in [0.1, 0.15) is 25.0 Å². The lowest BCUT2D eigenvalue weighted by Gasteiger charge is -2.19. The average molecular weight is 307 g/mol. The first-order chi connectivity index (χ1) is 10.8. The Balaban J connectivity index is 1.49. The maximum atomic E-state index is 5.80. The second kappa shape index (κ2) is 7.42. The van der Waals surface area contributed by atoms with Gasteiger partial charge in [-0.25, -0.2) is 0 Å². The SMILES string of the molecule is CCOC1OC1c1ccc(N2CC[C@@H](OCCOC)C2)cc1. The predicted molar refractivity (Wildman–Crippen MR) is 84.1 cm³/mol. The highest BCUT2D eigenvalue weighted by Crippen LogP contribution is 2.39. The molecule has 2 saturated heterocycles. The molecular formula is C17H25NO4. The summed E-state index contributed by atoms with van der Waals surface area (Å²) in [6, 6.07) is 8.60. The van der Waals surface area contributed by atoms with Crippen molar-refractivity contribution in [3.05, 3.63) is 29.8 Å². The molecule has 22 heavy (non-hydrogen) atoms. The summed E-state index contributed by atoms with van der Waals surface area (Å²) >= 11 is 0. The van der Waals surface area contributed by atoms with Gasteiger partial charge in [-0.15, -0.1) is 0 Å². The average Bonchev–Trinajstić information content (AvgIpc) is 3.15. The predicted octanol–water partition coefficient (Wildman–Crippen LogP) is 2.36. The number of hydrogen-bond acceptors (Lipinski definition) is 5. The van der Waals surface area contributed by atoms with Crippen LogP contribution in [0.5, 0.6) is 0 Å². The zero-order valence-electron chi connectivity index (χ0n) is 13.4. The zero-order valence-corrected chi connectivity index (χ0v) is 13.4. The molecule has 2 aliphatic heterocycles. The summed E-state index contributed by atoms with van der Waals surface area (Å²) in [4.78, 5) is 2.37. The minimum atomic E-state index is -0.0544. The third kappa shape index (κ3) is 3.79. The fourth-order valence-electron chi connectivity index (χ4n) is 2.90. The van der Waals surface area contributed by atoms with Crippen LogP contribution in [-0.4, -0.2) is 52.4 Å². The first-order valence-electron chi connectivity index (χ1n) is 8.04.